The number of hydrogen-bond donors (Lipinski definition) is 3. The minimum Gasteiger partial charge on any atom is -0.348 e. The maximum absolute atomic E-state index is 12.0. The highest BCUT2D eigenvalue weighted by Gasteiger charge is 2.28. The minimum atomic E-state index is 0.202. The summed E-state index contributed by atoms with van der Waals surface area (Å²) >= 11 is 5.75. The summed E-state index contributed by atoms with van der Waals surface area (Å²) in [5, 5.41) is 7.95. The fraction of sp³-hybridized carbons (Fsp3) is 0.600. The van der Waals surface area contributed by atoms with Crippen LogP contribution in [0.4, 0.5) is 0 Å². The highest BCUT2D eigenvalue weighted by atomic mass is 32.1. The van der Waals surface area contributed by atoms with Crippen LogP contribution in [-0.4, -0.2) is 64.0 Å². The maximum Gasteiger partial charge on any atom is 0.275 e. The van der Waals surface area contributed by atoms with Gasteiger partial charge in [-0.25, -0.2) is 0 Å². The molecule has 1 aliphatic carbocycles. The Hall–Kier alpha value is -2.10. The van der Waals surface area contributed by atoms with Crippen LogP contribution in [0.1, 0.15) is 26.2 Å². The molecular weight excluding hydrogens is 386 g/mol. The average Bonchev–Trinajstić information content (AvgIpc) is 3.49. The third kappa shape index (κ3) is 5.09. The van der Waals surface area contributed by atoms with Crippen molar-refractivity contribution in [2.45, 2.75) is 45.4 Å². The summed E-state index contributed by atoms with van der Waals surface area (Å²) in [6.07, 6.45) is 6.88. The predicted octanol–water partition coefficient (Wildman–Crippen LogP) is -1.09. The number of nitrogens with zero attached hydrogens (tertiary/aromatic N) is 4. The zero-order valence-corrected chi connectivity index (χ0v) is 17.9. The number of amides is 1. The van der Waals surface area contributed by atoms with Crippen LogP contribution in [0.5, 0.6) is 0 Å². The van der Waals surface area contributed by atoms with E-state index in [2.05, 4.69) is 21.8 Å². The second-order valence-corrected chi connectivity index (χ2v) is 8.54. The number of aromatic nitrogens is 4. The van der Waals surface area contributed by atoms with Gasteiger partial charge in [0, 0.05) is 30.5 Å². The molecule has 29 heavy (non-hydrogen) atoms. The third-order valence-corrected chi connectivity index (χ3v) is 6.13. The van der Waals surface area contributed by atoms with E-state index in [-0.39, 0.29) is 5.91 Å². The minimum absolute atomic E-state index is 0.202. The largest absolute Gasteiger partial charge is 0.348 e. The molecule has 0 unspecified atom stereocenters. The van der Waals surface area contributed by atoms with Crippen LogP contribution in [-0.2, 0) is 18.0 Å². The van der Waals surface area contributed by atoms with Crippen molar-refractivity contribution < 1.29 is 14.6 Å². The molecule has 0 radical (unpaired) electrons. The SMILES string of the molecule is CCCn1c(-c2ccncc2)nn(C[NH+]2CC[NH+](CC(=O)NC3CC3)CC2)c1=S. The number of rotatable bonds is 8. The summed E-state index contributed by atoms with van der Waals surface area (Å²) in [4.78, 5) is 19.0. The van der Waals surface area contributed by atoms with Gasteiger partial charge in [-0.15, -0.1) is 5.10 Å². The first-order valence-electron chi connectivity index (χ1n) is 10.7. The molecule has 0 aromatic carbocycles. The van der Waals surface area contributed by atoms with Gasteiger partial charge in [-0.2, -0.15) is 4.68 Å². The van der Waals surface area contributed by atoms with E-state index >= 15 is 0 Å². The van der Waals surface area contributed by atoms with E-state index in [0.29, 0.717) is 12.6 Å². The zero-order chi connectivity index (χ0) is 20.2. The van der Waals surface area contributed by atoms with Gasteiger partial charge in [0.1, 0.15) is 26.2 Å². The predicted molar refractivity (Wildman–Crippen MR) is 112 cm³/mol. The van der Waals surface area contributed by atoms with E-state index in [4.69, 9.17) is 17.3 Å². The molecule has 2 aromatic heterocycles. The Labute approximate surface area is 176 Å². The molecule has 1 aliphatic heterocycles. The lowest BCUT2D eigenvalue weighted by molar-refractivity contribution is -1.02. The topological polar surface area (TPSA) is 73.6 Å². The summed E-state index contributed by atoms with van der Waals surface area (Å²) in [6, 6.07) is 4.41. The van der Waals surface area contributed by atoms with Gasteiger partial charge in [-0.3, -0.25) is 14.3 Å². The first-order valence-corrected chi connectivity index (χ1v) is 11.1. The van der Waals surface area contributed by atoms with E-state index in [1.807, 2.05) is 16.8 Å². The first kappa shape index (κ1) is 20.2. The second-order valence-electron chi connectivity index (χ2n) is 8.17. The van der Waals surface area contributed by atoms with Crippen molar-refractivity contribution in [3.63, 3.8) is 0 Å². The van der Waals surface area contributed by atoms with Gasteiger partial charge in [0.15, 0.2) is 19.0 Å². The number of carbonyl (C=O) groups is 1. The lowest BCUT2D eigenvalue weighted by Gasteiger charge is -2.29. The van der Waals surface area contributed by atoms with E-state index in [1.54, 1.807) is 12.4 Å². The summed E-state index contributed by atoms with van der Waals surface area (Å²) in [5.74, 6) is 1.12. The van der Waals surface area contributed by atoms with Crippen molar-refractivity contribution in [3.8, 4) is 11.4 Å². The number of nitrogens with one attached hydrogen (secondary N) is 3. The Morgan fingerprint density at radius 1 is 1.21 bits per heavy atom. The smallest absolute Gasteiger partial charge is 0.275 e. The van der Waals surface area contributed by atoms with Gasteiger partial charge in [-0.05, 0) is 43.6 Å². The molecular formula is C20H31N7OS+2. The number of quaternary nitrogens is 2. The Balaban J connectivity index is 1.38. The summed E-state index contributed by atoms with van der Waals surface area (Å²) in [6.45, 7) is 8.46. The molecule has 4 rings (SSSR count). The van der Waals surface area contributed by atoms with E-state index in [9.17, 15) is 4.79 Å². The fourth-order valence-electron chi connectivity index (χ4n) is 3.92. The van der Waals surface area contributed by atoms with Crippen molar-refractivity contribution in [2.75, 3.05) is 32.7 Å². The van der Waals surface area contributed by atoms with Crippen molar-refractivity contribution in [1.82, 2.24) is 24.6 Å². The van der Waals surface area contributed by atoms with Gasteiger partial charge >= 0.3 is 0 Å². The Morgan fingerprint density at radius 3 is 2.55 bits per heavy atom. The lowest BCUT2D eigenvalue weighted by Crippen LogP contribution is -3.28. The van der Waals surface area contributed by atoms with Crippen LogP contribution < -0.4 is 15.1 Å². The molecule has 0 spiro atoms. The molecule has 156 valence electrons. The van der Waals surface area contributed by atoms with Gasteiger partial charge in [0.2, 0.25) is 4.77 Å². The number of hydrogen-bond acceptors (Lipinski definition) is 4. The quantitative estimate of drug-likeness (QED) is 0.477. The molecule has 1 amide bonds. The fourth-order valence-corrected chi connectivity index (χ4v) is 4.20. The second kappa shape index (κ2) is 9.15. The Morgan fingerprint density at radius 2 is 1.90 bits per heavy atom. The molecule has 1 saturated heterocycles. The van der Waals surface area contributed by atoms with Gasteiger partial charge in [0.05, 0.1) is 0 Å². The van der Waals surface area contributed by atoms with Gasteiger partial charge in [-0.1, -0.05) is 6.92 Å². The average molecular weight is 418 g/mol. The van der Waals surface area contributed by atoms with Crippen LogP contribution >= 0.6 is 12.2 Å². The molecule has 2 aliphatic rings. The van der Waals surface area contributed by atoms with Crippen molar-refractivity contribution in [1.29, 1.82) is 0 Å². The standard InChI is InChI=1S/C20H29N7OS/c1-2-9-26-19(16-5-7-21-8-6-16)23-27(20(26)29)15-25-12-10-24(11-13-25)14-18(28)22-17-3-4-17/h5-8,17H,2-4,9-15H2,1H3,(H,22,28)/p+2. The van der Waals surface area contributed by atoms with Crippen LogP contribution in [0.2, 0.25) is 0 Å². The van der Waals surface area contributed by atoms with E-state index in [1.165, 1.54) is 9.80 Å². The summed E-state index contributed by atoms with van der Waals surface area (Å²) in [7, 11) is 0. The van der Waals surface area contributed by atoms with Gasteiger partial charge < -0.3 is 15.1 Å². The van der Waals surface area contributed by atoms with Crippen LogP contribution in [0.25, 0.3) is 11.4 Å². The number of piperazine rings is 1. The molecule has 9 heteroatoms. The maximum atomic E-state index is 12.0. The Kier molecular flexibility index (Phi) is 6.37. The number of carbonyl (C=O) groups excluding carboxylic acids is 1. The Bertz CT molecular complexity index is 882. The van der Waals surface area contributed by atoms with E-state index < -0.39 is 0 Å². The molecule has 8 nitrogen and oxygen atoms in total. The van der Waals surface area contributed by atoms with Crippen molar-refractivity contribution in [2.24, 2.45) is 0 Å². The van der Waals surface area contributed by atoms with Gasteiger partial charge in [0.25, 0.3) is 5.91 Å². The molecule has 0 atom stereocenters. The van der Waals surface area contributed by atoms with Crippen molar-refractivity contribution >= 4 is 18.1 Å². The normalized spacial score (nSPS) is 21.8. The highest BCUT2D eigenvalue weighted by Crippen LogP contribution is 2.18. The highest BCUT2D eigenvalue weighted by molar-refractivity contribution is 7.71. The monoisotopic (exact) mass is 417 g/mol. The van der Waals surface area contributed by atoms with Crippen LogP contribution in [0.15, 0.2) is 24.5 Å². The molecule has 3 N–H and O–H groups in total. The molecule has 2 fully saturated rings. The number of pyridine rings is 1. The van der Waals surface area contributed by atoms with Crippen LogP contribution in [0.3, 0.4) is 0 Å². The summed E-state index contributed by atoms with van der Waals surface area (Å²) in [5.41, 5.74) is 1.05. The molecule has 3 heterocycles. The first-order chi connectivity index (χ1) is 14.1. The lowest BCUT2D eigenvalue weighted by atomic mass is 10.2. The van der Waals surface area contributed by atoms with Crippen LogP contribution in [0, 0.1) is 4.77 Å². The van der Waals surface area contributed by atoms with Crippen molar-refractivity contribution in [3.05, 3.63) is 29.3 Å². The third-order valence-electron chi connectivity index (χ3n) is 5.70. The molecule has 0 bridgehead atoms. The zero-order valence-electron chi connectivity index (χ0n) is 17.1. The van der Waals surface area contributed by atoms with E-state index in [0.717, 1.165) is 74.8 Å². The molecule has 2 aromatic rings. The summed E-state index contributed by atoms with van der Waals surface area (Å²) < 4.78 is 4.89. The molecule has 1 saturated carbocycles.